The fourth-order valence-electron chi connectivity index (χ4n) is 7.69. The number of rotatable bonds is 12. The Bertz CT molecular complexity index is 2290. The first kappa shape index (κ1) is 49.1. The first-order chi connectivity index (χ1) is 27.6. The fourth-order valence-corrected chi connectivity index (χ4v) is 7.69. The van der Waals surface area contributed by atoms with Crippen LogP contribution in [0.25, 0.3) is 44.1 Å². The molecule has 6 aromatic rings. The Morgan fingerprint density at radius 3 is 1.49 bits per heavy atom. The van der Waals surface area contributed by atoms with E-state index in [2.05, 4.69) is 151 Å². The molecule has 0 aliphatic heterocycles. The van der Waals surface area contributed by atoms with Crippen LogP contribution in [0.5, 0.6) is 0 Å². The van der Waals surface area contributed by atoms with Gasteiger partial charge in [-0.05, 0) is 93.7 Å². The Balaban J connectivity index is 0.000000240. The summed E-state index contributed by atoms with van der Waals surface area (Å²) < 4.78 is 0. The summed E-state index contributed by atoms with van der Waals surface area (Å²) in [6.45, 7) is 27.5. The molecule has 1 radical (unpaired) electrons. The molecule has 2 aromatic heterocycles. The van der Waals surface area contributed by atoms with Gasteiger partial charge in [0.05, 0.1) is 6.42 Å². The summed E-state index contributed by atoms with van der Waals surface area (Å²) in [5.41, 5.74) is 13.1. The molecule has 0 saturated carbocycles. The maximum absolute atomic E-state index is 11.7. The van der Waals surface area contributed by atoms with Crippen LogP contribution in [0.1, 0.15) is 138 Å². The number of aryl methyl sites for hydroxylation is 4. The zero-order chi connectivity index (χ0) is 42.7. The van der Waals surface area contributed by atoms with Gasteiger partial charge < -0.3 is 9.97 Å². The largest absolute Gasteiger partial charge is 0.304 e. The molecule has 0 unspecified atom stereocenters. The van der Waals surface area contributed by atoms with Crippen molar-refractivity contribution in [2.24, 2.45) is 11.8 Å². The Morgan fingerprint density at radius 1 is 0.576 bits per heavy atom. The molecule has 59 heavy (non-hydrogen) atoms. The molecule has 0 atom stereocenters. The standard InChI is InChI=1S/C21H22N.C20H20N.C13H24O2.Ir/c1-13(2)17-6-7-19-18(12-17)8-9-22-21(19)20-11-14(3)10-15(4)16(20)5;1-13(2)16-5-6-19-17(12-16)7-8-21-20(19)18-10-14(3)9-15(4)11-18;1-5-10(6-2)12(14)9-13(15)11(7-3)8-4;/h6-10,12-13H,1-5H3;5-10,12-13H,1-4H3;10-11H,5-9H2,1-4H3;/q2*-1;;. The van der Waals surface area contributed by atoms with E-state index >= 15 is 0 Å². The number of Topliss-reactive ketones (excluding diaryl/α,β-unsaturated/α-hetero) is 2. The van der Waals surface area contributed by atoms with Crippen molar-refractivity contribution in [2.45, 2.75) is 134 Å². The number of ketones is 2. The van der Waals surface area contributed by atoms with Gasteiger partial charge in [0.25, 0.3) is 0 Å². The summed E-state index contributed by atoms with van der Waals surface area (Å²) in [5.74, 6) is 1.52. The quantitative estimate of drug-likeness (QED) is 0.0906. The second-order valence-electron chi connectivity index (χ2n) is 16.6. The summed E-state index contributed by atoms with van der Waals surface area (Å²) in [6, 6.07) is 31.0. The van der Waals surface area contributed by atoms with Crippen LogP contribution in [0.2, 0.25) is 0 Å². The zero-order valence-corrected chi connectivity index (χ0v) is 40.3. The molecule has 6 rings (SSSR count). The van der Waals surface area contributed by atoms with Gasteiger partial charge in [0.2, 0.25) is 0 Å². The van der Waals surface area contributed by atoms with Gasteiger partial charge in [-0.25, -0.2) is 0 Å². The van der Waals surface area contributed by atoms with Crippen molar-refractivity contribution >= 4 is 33.1 Å². The first-order valence-corrected chi connectivity index (χ1v) is 21.5. The van der Waals surface area contributed by atoms with Crippen LogP contribution in [0.15, 0.2) is 79.1 Å². The van der Waals surface area contributed by atoms with Crippen molar-refractivity contribution in [1.82, 2.24) is 9.97 Å². The molecule has 4 aromatic carbocycles. The Hall–Kier alpha value is -4.31. The Morgan fingerprint density at radius 2 is 1.03 bits per heavy atom. The third kappa shape index (κ3) is 12.8. The molecule has 0 N–H and O–H groups in total. The van der Waals surface area contributed by atoms with E-state index in [4.69, 9.17) is 0 Å². The first-order valence-electron chi connectivity index (χ1n) is 21.5. The van der Waals surface area contributed by atoms with Gasteiger partial charge in [-0.1, -0.05) is 126 Å². The third-order valence-corrected chi connectivity index (χ3v) is 11.5. The average Bonchev–Trinajstić information content (AvgIpc) is 3.19. The number of benzene rings is 4. The van der Waals surface area contributed by atoms with Gasteiger partial charge >= 0.3 is 0 Å². The smallest absolute Gasteiger partial charge is 0.143 e. The van der Waals surface area contributed by atoms with Crippen LogP contribution < -0.4 is 0 Å². The van der Waals surface area contributed by atoms with Gasteiger partial charge in [-0.2, -0.15) is 0 Å². The van der Waals surface area contributed by atoms with Gasteiger partial charge in [-0.15, -0.1) is 69.3 Å². The number of hydrogen-bond donors (Lipinski definition) is 0. The van der Waals surface area contributed by atoms with Crippen molar-refractivity contribution in [3.05, 3.63) is 130 Å². The van der Waals surface area contributed by atoms with E-state index in [-0.39, 0.29) is 49.9 Å². The van der Waals surface area contributed by atoms with E-state index in [1.165, 1.54) is 49.4 Å². The van der Waals surface area contributed by atoms with E-state index in [1.807, 2.05) is 40.1 Å². The molecule has 315 valence electrons. The third-order valence-electron chi connectivity index (χ3n) is 11.5. The summed E-state index contributed by atoms with van der Waals surface area (Å²) in [4.78, 5) is 32.7. The summed E-state index contributed by atoms with van der Waals surface area (Å²) >= 11 is 0. The molecule has 4 nitrogen and oxygen atoms in total. The van der Waals surface area contributed by atoms with Crippen LogP contribution >= 0.6 is 0 Å². The maximum Gasteiger partial charge on any atom is 0.143 e. The van der Waals surface area contributed by atoms with Crippen molar-refractivity contribution in [1.29, 1.82) is 0 Å². The molecule has 0 aliphatic carbocycles. The van der Waals surface area contributed by atoms with Gasteiger partial charge in [-0.3, -0.25) is 9.59 Å². The van der Waals surface area contributed by atoms with E-state index in [1.54, 1.807) is 0 Å². The number of hydrogen-bond acceptors (Lipinski definition) is 4. The molecule has 0 saturated heterocycles. The van der Waals surface area contributed by atoms with E-state index < -0.39 is 0 Å². The van der Waals surface area contributed by atoms with Crippen LogP contribution in [-0.4, -0.2) is 21.5 Å². The predicted molar refractivity (Wildman–Crippen MR) is 247 cm³/mol. The topological polar surface area (TPSA) is 59.9 Å². The van der Waals surface area contributed by atoms with Crippen LogP contribution in [0, 0.1) is 58.6 Å². The second kappa shape index (κ2) is 22.9. The SMILES string of the molecule is CCC(CC)C(=O)CC(=O)C(CC)CC.Cc1[c-]c(-c2nccc3cc(C(C)C)ccc23)c(C)c(C)c1.Cc1[c-]c(-c2nccc3cc(C(C)C)ccc23)cc(C)c1.[Ir]. The van der Waals surface area contributed by atoms with E-state index in [9.17, 15) is 9.59 Å². The monoisotopic (exact) mass is 967 g/mol. The summed E-state index contributed by atoms with van der Waals surface area (Å²) in [7, 11) is 0. The number of carbonyl (C=O) groups is 2. The van der Waals surface area contributed by atoms with Crippen molar-refractivity contribution in [2.75, 3.05) is 0 Å². The minimum Gasteiger partial charge on any atom is -0.304 e. The Kier molecular flexibility index (Phi) is 19.0. The number of fused-ring (bicyclic) bond motifs is 2. The fraction of sp³-hybridized carbons (Fsp3) is 0.407. The molecular weight excluding hydrogens is 901 g/mol. The minimum atomic E-state index is 0. The van der Waals surface area contributed by atoms with Crippen molar-refractivity contribution < 1.29 is 29.7 Å². The molecule has 0 bridgehead atoms. The molecule has 0 amide bonds. The zero-order valence-electron chi connectivity index (χ0n) is 37.9. The van der Waals surface area contributed by atoms with Crippen molar-refractivity contribution in [3.8, 4) is 22.5 Å². The van der Waals surface area contributed by atoms with Gasteiger partial charge in [0.15, 0.2) is 0 Å². The number of aromatic nitrogens is 2. The van der Waals surface area contributed by atoms with E-state index in [0.29, 0.717) is 11.8 Å². The predicted octanol–water partition coefficient (Wildman–Crippen LogP) is 14.6. The number of pyridine rings is 2. The normalized spacial score (nSPS) is 11.1. The van der Waals surface area contributed by atoms with E-state index in [0.717, 1.165) is 59.3 Å². The van der Waals surface area contributed by atoms with Gasteiger partial charge in [0.1, 0.15) is 11.6 Å². The molecule has 0 spiro atoms. The molecule has 5 heteroatoms. The van der Waals surface area contributed by atoms with Crippen LogP contribution in [0.4, 0.5) is 0 Å². The minimum absolute atomic E-state index is 0. The molecule has 2 heterocycles. The van der Waals surface area contributed by atoms with Crippen LogP contribution in [0.3, 0.4) is 0 Å². The maximum atomic E-state index is 11.7. The summed E-state index contributed by atoms with van der Waals surface area (Å²) in [5, 5.41) is 4.90. The average molecular weight is 967 g/mol. The number of carbonyl (C=O) groups excluding carboxylic acids is 2. The molecular formula is C54H66IrN2O2-2. The van der Waals surface area contributed by atoms with Crippen molar-refractivity contribution in [3.63, 3.8) is 0 Å². The van der Waals surface area contributed by atoms with Gasteiger partial charge in [0, 0.05) is 44.3 Å². The number of nitrogens with zero attached hydrogens (tertiary/aromatic N) is 2. The molecule has 0 fully saturated rings. The second-order valence-corrected chi connectivity index (χ2v) is 16.6. The summed E-state index contributed by atoms with van der Waals surface area (Å²) in [6.07, 6.45) is 7.37. The van der Waals surface area contributed by atoms with Crippen LogP contribution in [-0.2, 0) is 29.7 Å². The Labute approximate surface area is 369 Å². The molecule has 0 aliphatic rings.